The standard InChI is InChI=1S/C20H31N5O2S2.HI/c1-5-18-13-23-19(28-18)10-11-22-20(21-4)24-12-16-8-6-7-9-17(16)14-29(26,27)25-15(2)3;/h6-9,13,15,25H,5,10-12,14H2,1-4H3,(H2,21,22,24);1H. The van der Waals surface area contributed by atoms with Gasteiger partial charge in [-0.05, 0) is 31.4 Å². The van der Waals surface area contributed by atoms with Crippen LogP contribution in [-0.2, 0) is 35.2 Å². The third-order valence-corrected chi connectivity index (χ3v) is 6.85. The minimum absolute atomic E-state index is 0. The quantitative estimate of drug-likeness (QED) is 0.234. The molecule has 0 spiro atoms. The van der Waals surface area contributed by atoms with E-state index in [1.165, 1.54) is 4.88 Å². The molecule has 0 unspecified atom stereocenters. The van der Waals surface area contributed by atoms with Gasteiger partial charge in [-0.25, -0.2) is 18.1 Å². The molecule has 7 nitrogen and oxygen atoms in total. The Labute approximate surface area is 201 Å². The molecular weight excluding hydrogens is 533 g/mol. The molecule has 2 aromatic rings. The van der Waals surface area contributed by atoms with E-state index >= 15 is 0 Å². The fraction of sp³-hybridized carbons (Fsp3) is 0.500. The van der Waals surface area contributed by atoms with Gasteiger partial charge in [-0.3, -0.25) is 4.99 Å². The molecule has 10 heteroatoms. The molecule has 0 saturated heterocycles. The lowest BCUT2D eigenvalue weighted by Gasteiger charge is -2.15. The van der Waals surface area contributed by atoms with Crippen LogP contribution in [0.5, 0.6) is 0 Å². The highest BCUT2D eigenvalue weighted by molar-refractivity contribution is 14.0. The number of halogens is 1. The maximum atomic E-state index is 12.3. The summed E-state index contributed by atoms with van der Waals surface area (Å²) in [6.07, 6.45) is 3.78. The fourth-order valence-corrected chi connectivity index (χ4v) is 5.15. The van der Waals surface area contributed by atoms with Crippen LogP contribution >= 0.6 is 35.3 Å². The van der Waals surface area contributed by atoms with E-state index in [1.807, 2.05) is 44.3 Å². The number of sulfonamides is 1. The summed E-state index contributed by atoms with van der Waals surface area (Å²) in [7, 11) is -1.66. The average Bonchev–Trinajstić information content (AvgIpc) is 3.12. The fourth-order valence-electron chi connectivity index (χ4n) is 2.79. The molecule has 0 radical (unpaired) electrons. The molecule has 0 aliphatic rings. The van der Waals surface area contributed by atoms with E-state index in [0.29, 0.717) is 12.5 Å². The molecule has 0 fully saturated rings. The first-order valence-electron chi connectivity index (χ1n) is 9.77. The summed E-state index contributed by atoms with van der Waals surface area (Å²) in [5.74, 6) is 0.633. The Balaban J connectivity index is 0.00000450. The van der Waals surface area contributed by atoms with Crippen molar-refractivity contribution in [1.29, 1.82) is 0 Å². The second-order valence-electron chi connectivity index (χ2n) is 6.98. The maximum absolute atomic E-state index is 12.3. The highest BCUT2D eigenvalue weighted by Crippen LogP contribution is 2.14. The van der Waals surface area contributed by atoms with Crippen LogP contribution in [0.25, 0.3) is 0 Å². The molecule has 0 aliphatic heterocycles. The molecule has 3 N–H and O–H groups in total. The van der Waals surface area contributed by atoms with Crippen LogP contribution in [0, 0.1) is 0 Å². The maximum Gasteiger partial charge on any atom is 0.216 e. The monoisotopic (exact) mass is 565 g/mol. The lowest BCUT2D eigenvalue weighted by atomic mass is 10.1. The third kappa shape index (κ3) is 9.27. The highest BCUT2D eigenvalue weighted by Gasteiger charge is 2.15. The summed E-state index contributed by atoms with van der Waals surface area (Å²) in [4.78, 5) is 9.96. The van der Waals surface area contributed by atoms with Crippen LogP contribution in [0.1, 0.15) is 41.8 Å². The Bertz CT molecular complexity index is 913. The van der Waals surface area contributed by atoms with Gasteiger partial charge in [0.05, 0.1) is 10.8 Å². The number of hydrogen-bond acceptors (Lipinski definition) is 5. The summed E-state index contributed by atoms with van der Waals surface area (Å²) in [5.41, 5.74) is 1.70. The number of aryl methyl sites for hydroxylation is 1. The SMILES string of the molecule is CCc1cnc(CCNC(=NC)NCc2ccccc2CS(=O)(=O)NC(C)C)s1.I. The second kappa shape index (κ2) is 13.2. The number of aromatic nitrogens is 1. The molecule has 0 saturated carbocycles. The van der Waals surface area contributed by atoms with Gasteiger partial charge in [-0.15, -0.1) is 35.3 Å². The number of nitrogens with one attached hydrogen (secondary N) is 3. The summed E-state index contributed by atoms with van der Waals surface area (Å²) in [6.45, 7) is 6.98. The molecule has 1 aromatic heterocycles. The topological polar surface area (TPSA) is 95.5 Å². The minimum Gasteiger partial charge on any atom is -0.356 e. The number of hydrogen-bond donors (Lipinski definition) is 3. The molecule has 0 bridgehead atoms. The molecule has 1 aromatic carbocycles. The Kier molecular flexibility index (Phi) is 11.8. The first-order valence-corrected chi connectivity index (χ1v) is 12.2. The number of aliphatic imine (C=N–C) groups is 1. The lowest BCUT2D eigenvalue weighted by molar-refractivity contribution is 0.568. The van der Waals surface area contributed by atoms with Gasteiger partial charge in [-0.1, -0.05) is 31.2 Å². The molecule has 168 valence electrons. The van der Waals surface area contributed by atoms with Crippen molar-refractivity contribution in [3.8, 4) is 0 Å². The highest BCUT2D eigenvalue weighted by atomic mass is 127. The van der Waals surface area contributed by atoms with E-state index < -0.39 is 10.0 Å². The zero-order chi connectivity index (χ0) is 21.3. The van der Waals surface area contributed by atoms with Crippen molar-refractivity contribution >= 4 is 51.3 Å². The number of guanidine groups is 1. The van der Waals surface area contributed by atoms with E-state index in [9.17, 15) is 8.42 Å². The van der Waals surface area contributed by atoms with E-state index in [-0.39, 0.29) is 35.8 Å². The van der Waals surface area contributed by atoms with E-state index in [2.05, 4.69) is 32.3 Å². The van der Waals surface area contributed by atoms with Crippen molar-refractivity contribution in [2.24, 2.45) is 4.99 Å². The Morgan fingerprint density at radius 2 is 1.90 bits per heavy atom. The van der Waals surface area contributed by atoms with Crippen LogP contribution in [0.3, 0.4) is 0 Å². The van der Waals surface area contributed by atoms with Gasteiger partial charge in [0.1, 0.15) is 0 Å². The summed E-state index contributed by atoms with van der Waals surface area (Å²) < 4.78 is 27.2. The Hall–Kier alpha value is -1.24. The molecule has 1 heterocycles. The van der Waals surface area contributed by atoms with E-state index in [0.717, 1.165) is 35.5 Å². The predicted octanol–water partition coefficient (Wildman–Crippen LogP) is 3.06. The van der Waals surface area contributed by atoms with Crippen LogP contribution in [0.15, 0.2) is 35.5 Å². The normalized spacial score (nSPS) is 12.0. The predicted molar refractivity (Wildman–Crippen MR) is 136 cm³/mol. The summed E-state index contributed by atoms with van der Waals surface area (Å²) in [6, 6.07) is 7.42. The van der Waals surface area contributed by atoms with Gasteiger partial charge in [-0.2, -0.15) is 0 Å². The molecule has 2 rings (SSSR count). The van der Waals surface area contributed by atoms with E-state index in [1.54, 1.807) is 18.4 Å². The van der Waals surface area contributed by atoms with Gasteiger partial charge < -0.3 is 10.6 Å². The first-order chi connectivity index (χ1) is 13.8. The number of nitrogens with zero attached hydrogens (tertiary/aromatic N) is 2. The van der Waals surface area contributed by atoms with E-state index in [4.69, 9.17) is 0 Å². The van der Waals surface area contributed by atoms with Gasteiger partial charge in [0.25, 0.3) is 0 Å². The Morgan fingerprint density at radius 1 is 1.20 bits per heavy atom. The van der Waals surface area contributed by atoms with Crippen LogP contribution in [0.2, 0.25) is 0 Å². The van der Waals surface area contributed by atoms with Crippen molar-refractivity contribution < 1.29 is 8.42 Å². The van der Waals surface area contributed by atoms with Gasteiger partial charge in [0.15, 0.2) is 5.96 Å². The number of thiazole rings is 1. The third-order valence-electron chi connectivity index (χ3n) is 4.13. The largest absolute Gasteiger partial charge is 0.356 e. The zero-order valence-electron chi connectivity index (χ0n) is 17.9. The molecule has 0 atom stereocenters. The van der Waals surface area contributed by atoms with Gasteiger partial charge in [0, 0.05) is 43.7 Å². The van der Waals surface area contributed by atoms with Crippen molar-refractivity contribution in [3.63, 3.8) is 0 Å². The smallest absolute Gasteiger partial charge is 0.216 e. The zero-order valence-corrected chi connectivity index (χ0v) is 21.9. The van der Waals surface area contributed by atoms with Crippen LogP contribution in [-0.4, -0.2) is 39.0 Å². The van der Waals surface area contributed by atoms with Crippen molar-refractivity contribution in [2.45, 2.75) is 52.0 Å². The lowest BCUT2D eigenvalue weighted by Crippen LogP contribution is -2.38. The summed E-state index contributed by atoms with van der Waals surface area (Å²) >= 11 is 1.74. The van der Waals surface area contributed by atoms with Gasteiger partial charge in [0.2, 0.25) is 10.0 Å². The number of rotatable bonds is 10. The van der Waals surface area contributed by atoms with Crippen LogP contribution in [0.4, 0.5) is 0 Å². The molecule has 0 aliphatic carbocycles. The van der Waals surface area contributed by atoms with Crippen molar-refractivity contribution in [1.82, 2.24) is 20.3 Å². The summed E-state index contributed by atoms with van der Waals surface area (Å²) in [5, 5.41) is 7.66. The number of benzene rings is 1. The Morgan fingerprint density at radius 3 is 2.50 bits per heavy atom. The van der Waals surface area contributed by atoms with Crippen molar-refractivity contribution in [2.75, 3.05) is 13.6 Å². The van der Waals surface area contributed by atoms with Crippen molar-refractivity contribution in [3.05, 3.63) is 51.5 Å². The second-order valence-corrected chi connectivity index (χ2v) is 9.93. The minimum atomic E-state index is -3.38. The molecule has 0 amide bonds. The molecule has 30 heavy (non-hydrogen) atoms. The van der Waals surface area contributed by atoms with Gasteiger partial charge >= 0.3 is 0 Å². The van der Waals surface area contributed by atoms with Crippen LogP contribution < -0.4 is 15.4 Å². The first kappa shape index (κ1) is 26.8. The average molecular weight is 566 g/mol. The molecular formula is C20H32IN5O2S2.